The topological polar surface area (TPSA) is 88.2 Å². The van der Waals surface area contributed by atoms with Gasteiger partial charge in [-0.1, -0.05) is 17.7 Å². The van der Waals surface area contributed by atoms with E-state index in [0.717, 1.165) is 5.01 Å². The number of aromatic nitrogens is 1. The van der Waals surface area contributed by atoms with Gasteiger partial charge in [0.05, 0.1) is 9.90 Å². The van der Waals surface area contributed by atoms with Gasteiger partial charge >= 0.3 is 0 Å². The number of thiazole rings is 1. The van der Waals surface area contributed by atoms with Gasteiger partial charge in [-0.25, -0.2) is 18.1 Å². The fourth-order valence-corrected chi connectivity index (χ4v) is 3.56. The van der Waals surface area contributed by atoms with Crippen molar-refractivity contribution in [3.63, 3.8) is 0 Å². The molecule has 0 radical (unpaired) electrons. The van der Waals surface area contributed by atoms with E-state index in [4.69, 9.17) is 11.6 Å². The first-order chi connectivity index (χ1) is 10.4. The maximum atomic E-state index is 12.0. The van der Waals surface area contributed by atoms with Crippen LogP contribution in [0, 0.1) is 6.92 Å². The number of nitrogens with zero attached hydrogens (tertiary/aromatic N) is 1. The van der Waals surface area contributed by atoms with Gasteiger partial charge in [-0.2, -0.15) is 0 Å². The third-order valence-electron chi connectivity index (χ3n) is 2.66. The molecular formula is C13H14ClN3O3S2. The van der Waals surface area contributed by atoms with Crippen molar-refractivity contribution < 1.29 is 13.2 Å². The van der Waals surface area contributed by atoms with Crippen molar-refractivity contribution in [3.8, 4) is 0 Å². The van der Waals surface area contributed by atoms with E-state index in [0.29, 0.717) is 10.7 Å². The smallest absolute Gasteiger partial charge is 0.270 e. The predicted molar refractivity (Wildman–Crippen MR) is 85.8 cm³/mol. The Bertz CT molecular complexity index is 774. The SMILES string of the molecule is Cc1nc(C(=O)NCCNS(=O)(=O)c2cccc(Cl)c2)cs1. The summed E-state index contributed by atoms with van der Waals surface area (Å²) in [5.41, 5.74) is 0.334. The molecule has 118 valence electrons. The van der Waals surface area contributed by atoms with Crippen LogP contribution in [-0.2, 0) is 10.0 Å². The Morgan fingerprint density at radius 2 is 2.14 bits per heavy atom. The first-order valence-electron chi connectivity index (χ1n) is 6.34. The zero-order valence-corrected chi connectivity index (χ0v) is 14.1. The Kier molecular flexibility index (Phi) is 5.52. The summed E-state index contributed by atoms with van der Waals surface area (Å²) in [5, 5.41) is 5.39. The summed E-state index contributed by atoms with van der Waals surface area (Å²) in [6.07, 6.45) is 0. The number of aryl methyl sites for hydroxylation is 1. The number of hydrogen-bond donors (Lipinski definition) is 2. The number of amides is 1. The van der Waals surface area contributed by atoms with E-state index < -0.39 is 10.0 Å². The van der Waals surface area contributed by atoms with E-state index in [-0.39, 0.29) is 23.9 Å². The molecule has 0 unspecified atom stereocenters. The molecule has 9 heteroatoms. The van der Waals surface area contributed by atoms with Gasteiger partial charge in [0.1, 0.15) is 5.69 Å². The molecule has 0 spiro atoms. The van der Waals surface area contributed by atoms with Crippen molar-refractivity contribution in [1.82, 2.24) is 15.0 Å². The number of rotatable bonds is 6. The van der Waals surface area contributed by atoms with Crippen molar-refractivity contribution in [2.45, 2.75) is 11.8 Å². The Hall–Kier alpha value is -1.48. The van der Waals surface area contributed by atoms with Gasteiger partial charge in [0.15, 0.2) is 0 Å². The number of nitrogens with one attached hydrogen (secondary N) is 2. The first kappa shape index (κ1) is 16.9. The van der Waals surface area contributed by atoms with E-state index in [1.165, 1.54) is 23.5 Å². The fraction of sp³-hybridized carbons (Fsp3) is 0.231. The molecule has 1 amide bonds. The molecule has 1 aromatic carbocycles. The van der Waals surface area contributed by atoms with Crippen molar-refractivity contribution in [2.75, 3.05) is 13.1 Å². The molecule has 0 aliphatic rings. The molecule has 22 heavy (non-hydrogen) atoms. The first-order valence-corrected chi connectivity index (χ1v) is 9.08. The minimum absolute atomic E-state index is 0.0731. The van der Waals surface area contributed by atoms with Gasteiger partial charge in [0, 0.05) is 23.5 Å². The average Bonchev–Trinajstić information content (AvgIpc) is 2.90. The highest BCUT2D eigenvalue weighted by molar-refractivity contribution is 7.89. The third kappa shape index (κ3) is 4.51. The molecule has 0 atom stereocenters. The summed E-state index contributed by atoms with van der Waals surface area (Å²) < 4.78 is 26.4. The van der Waals surface area contributed by atoms with E-state index in [9.17, 15) is 13.2 Å². The van der Waals surface area contributed by atoms with Crippen LogP contribution in [0.5, 0.6) is 0 Å². The molecule has 0 saturated heterocycles. The number of hydrogen-bond acceptors (Lipinski definition) is 5. The maximum absolute atomic E-state index is 12.0. The van der Waals surface area contributed by atoms with Crippen LogP contribution < -0.4 is 10.0 Å². The summed E-state index contributed by atoms with van der Waals surface area (Å²) in [6, 6.07) is 5.96. The zero-order valence-electron chi connectivity index (χ0n) is 11.7. The molecule has 1 aromatic heterocycles. The summed E-state index contributed by atoms with van der Waals surface area (Å²) in [5.74, 6) is -0.327. The van der Waals surface area contributed by atoms with Crippen LogP contribution in [0.2, 0.25) is 5.02 Å². The van der Waals surface area contributed by atoms with Crippen LogP contribution in [0.15, 0.2) is 34.5 Å². The van der Waals surface area contributed by atoms with Gasteiger partial charge in [-0.05, 0) is 25.1 Å². The second-order valence-electron chi connectivity index (χ2n) is 4.36. The third-order valence-corrected chi connectivity index (χ3v) is 5.13. The minimum atomic E-state index is -3.64. The molecule has 0 saturated carbocycles. The number of carbonyl (C=O) groups excluding carboxylic acids is 1. The summed E-state index contributed by atoms with van der Waals surface area (Å²) in [4.78, 5) is 15.9. The summed E-state index contributed by atoms with van der Waals surface area (Å²) in [7, 11) is -3.64. The standard InChI is InChI=1S/C13H14ClN3O3S2/c1-9-17-12(8-21-9)13(18)15-5-6-16-22(19,20)11-4-2-3-10(14)7-11/h2-4,7-8,16H,5-6H2,1H3,(H,15,18). The van der Waals surface area contributed by atoms with Crippen molar-refractivity contribution in [2.24, 2.45) is 0 Å². The molecule has 2 rings (SSSR count). The summed E-state index contributed by atoms with van der Waals surface area (Å²) in [6.45, 7) is 2.04. The lowest BCUT2D eigenvalue weighted by Gasteiger charge is -2.07. The van der Waals surface area contributed by atoms with Crippen LogP contribution in [0.3, 0.4) is 0 Å². The normalized spacial score (nSPS) is 11.4. The quantitative estimate of drug-likeness (QED) is 0.770. The Morgan fingerprint density at radius 3 is 2.77 bits per heavy atom. The minimum Gasteiger partial charge on any atom is -0.349 e. The van der Waals surface area contributed by atoms with Gasteiger partial charge < -0.3 is 5.32 Å². The number of sulfonamides is 1. The van der Waals surface area contributed by atoms with E-state index in [1.54, 1.807) is 24.4 Å². The van der Waals surface area contributed by atoms with Gasteiger partial charge in [-0.3, -0.25) is 4.79 Å². The molecular weight excluding hydrogens is 346 g/mol. The van der Waals surface area contributed by atoms with Gasteiger partial charge in [0.2, 0.25) is 10.0 Å². The van der Waals surface area contributed by atoms with Crippen LogP contribution >= 0.6 is 22.9 Å². The molecule has 0 bridgehead atoms. The molecule has 1 heterocycles. The zero-order chi connectivity index (χ0) is 16.2. The highest BCUT2D eigenvalue weighted by Gasteiger charge is 2.14. The van der Waals surface area contributed by atoms with Crippen molar-refractivity contribution in [3.05, 3.63) is 45.4 Å². The predicted octanol–water partition coefficient (Wildman–Crippen LogP) is 1.81. The highest BCUT2D eigenvalue weighted by Crippen LogP contribution is 2.14. The number of halogens is 1. The Labute approximate surface area is 137 Å². The Balaban J connectivity index is 1.84. The Morgan fingerprint density at radius 1 is 1.36 bits per heavy atom. The molecule has 0 aliphatic carbocycles. The second-order valence-corrected chi connectivity index (χ2v) is 7.63. The van der Waals surface area contributed by atoms with Crippen molar-refractivity contribution in [1.29, 1.82) is 0 Å². The van der Waals surface area contributed by atoms with Crippen LogP contribution in [0.4, 0.5) is 0 Å². The fourth-order valence-electron chi connectivity index (χ4n) is 1.64. The lowest BCUT2D eigenvalue weighted by Crippen LogP contribution is -2.34. The maximum Gasteiger partial charge on any atom is 0.270 e. The van der Waals surface area contributed by atoms with Crippen molar-refractivity contribution >= 4 is 38.9 Å². The summed E-state index contributed by atoms with van der Waals surface area (Å²) >= 11 is 7.15. The number of carbonyl (C=O) groups is 1. The van der Waals surface area contributed by atoms with Gasteiger partial charge in [-0.15, -0.1) is 11.3 Å². The van der Waals surface area contributed by atoms with Crippen LogP contribution in [-0.4, -0.2) is 32.4 Å². The monoisotopic (exact) mass is 359 g/mol. The van der Waals surface area contributed by atoms with Crippen LogP contribution in [0.1, 0.15) is 15.5 Å². The molecule has 6 nitrogen and oxygen atoms in total. The largest absolute Gasteiger partial charge is 0.349 e. The van der Waals surface area contributed by atoms with E-state index >= 15 is 0 Å². The molecule has 2 aromatic rings. The lowest BCUT2D eigenvalue weighted by molar-refractivity contribution is 0.0950. The van der Waals surface area contributed by atoms with Gasteiger partial charge in [0.25, 0.3) is 5.91 Å². The average molecular weight is 360 g/mol. The van der Waals surface area contributed by atoms with E-state index in [2.05, 4.69) is 15.0 Å². The molecule has 2 N–H and O–H groups in total. The molecule has 0 fully saturated rings. The number of benzene rings is 1. The lowest BCUT2D eigenvalue weighted by atomic mass is 10.4. The second kappa shape index (κ2) is 7.19. The van der Waals surface area contributed by atoms with E-state index in [1.807, 2.05) is 0 Å². The molecule has 0 aliphatic heterocycles. The highest BCUT2D eigenvalue weighted by atomic mass is 35.5. The van der Waals surface area contributed by atoms with Crippen LogP contribution in [0.25, 0.3) is 0 Å².